The first-order valence-electron chi connectivity index (χ1n) is 11.5. The first-order valence-corrected chi connectivity index (χ1v) is 12.6. The van der Waals surface area contributed by atoms with Crippen LogP contribution < -0.4 is 11.5 Å². The van der Waals surface area contributed by atoms with Crippen LogP contribution in [0.4, 0.5) is 10.5 Å². The van der Waals surface area contributed by atoms with E-state index in [0.717, 1.165) is 63.2 Å². The number of hydrogen-bond donors (Lipinski definition) is 2. The summed E-state index contributed by atoms with van der Waals surface area (Å²) in [6, 6.07) is 9.44. The molecule has 172 valence electrons. The monoisotopic (exact) mass is 453 g/mol. The van der Waals surface area contributed by atoms with Crippen LogP contribution in [-0.2, 0) is 47.0 Å². The molecule has 1 fully saturated rings. The van der Waals surface area contributed by atoms with Crippen LogP contribution in [-0.4, -0.2) is 24.5 Å². The van der Waals surface area contributed by atoms with Gasteiger partial charge in [0.15, 0.2) is 0 Å². The Morgan fingerprint density at radius 2 is 1.69 bits per heavy atom. The highest BCUT2D eigenvalue weighted by Crippen LogP contribution is 2.38. The number of benzene rings is 2. The second-order valence-electron chi connectivity index (χ2n) is 9.29. The second kappa shape index (κ2) is 9.73. The van der Waals surface area contributed by atoms with E-state index in [1.54, 1.807) is 0 Å². The lowest BCUT2D eigenvalue weighted by Crippen LogP contribution is -2.20. The van der Waals surface area contributed by atoms with Crippen molar-refractivity contribution in [2.75, 3.05) is 18.9 Å². The van der Waals surface area contributed by atoms with Crippen molar-refractivity contribution in [3.63, 3.8) is 0 Å². The summed E-state index contributed by atoms with van der Waals surface area (Å²) in [6.45, 7) is 2.02. The number of nitrogens with zero attached hydrogens (tertiary/aromatic N) is 2. The number of urea groups is 1. The van der Waals surface area contributed by atoms with Crippen molar-refractivity contribution >= 4 is 22.3 Å². The van der Waals surface area contributed by atoms with Gasteiger partial charge in [-0.2, -0.15) is 10.6 Å². The highest BCUT2D eigenvalue weighted by atomic mass is 32.2. The van der Waals surface area contributed by atoms with Crippen LogP contribution >= 0.6 is 0 Å². The van der Waals surface area contributed by atoms with E-state index in [1.165, 1.54) is 40.7 Å². The summed E-state index contributed by atoms with van der Waals surface area (Å²) in [5.74, 6) is 0.862. The van der Waals surface area contributed by atoms with Crippen LogP contribution in [0.15, 0.2) is 39.6 Å². The summed E-state index contributed by atoms with van der Waals surface area (Å²) < 4.78 is 16.6. The third-order valence-corrected chi connectivity index (χ3v) is 7.72. The largest absolute Gasteiger partial charge is 0.439 e. The zero-order chi connectivity index (χ0) is 21.4. The zero-order valence-electron chi connectivity index (χ0n) is 18.9. The van der Waals surface area contributed by atoms with Crippen molar-refractivity contribution in [2.24, 2.45) is 10.3 Å². The number of carbonyl (C=O) groups excluding carboxylic acids is 1. The van der Waals surface area contributed by atoms with E-state index in [1.807, 2.05) is 24.3 Å². The van der Waals surface area contributed by atoms with Gasteiger partial charge in [-0.15, -0.1) is 0 Å². The Bertz CT molecular complexity index is 1050. The van der Waals surface area contributed by atoms with E-state index in [9.17, 15) is 9.00 Å². The van der Waals surface area contributed by atoms with Gasteiger partial charge >= 0.3 is 6.03 Å². The molecule has 32 heavy (non-hydrogen) atoms. The molecule has 0 radical (unpaired) electrons. The molecule has 0 saturated heterocycles. The maximum absolute atomic E-state index is 12.7. The normalized spacial score (nSPS) is 17.7. The van der Waals surface area contributed by atoms with Gasteiger partial charge in [0.2, 0.25) is 0 Å². The first kappa shape index (κ1) is 23.0. The van der Waals surface area contributed by atoms with Gasteiger partial charge in [0.1, 0.15) is 0 Å². The molecule has 0 atom stereocenters. The summed E-state index contributed by atoms with van der Waals surface area (Å²) in [7, 11) is 0.436. The van der Waals surface area contributed by atoms with E-state index in [-0.39, 0.29) is 6.15 Å². The fourth-order valence-corrected chi connectivity index (χ4v) is 5.72. The number of rotatable bonds is 6. The average molecular weight is 454 g/mol. The Hall–Kier alpha value is -2.22. The second-order valence-corrected chi connectivity index (χ2v) is 10.4. The lowest BCUT2D eigenvalue weighted by Gasteiger charge is -2.17. The Labute approximate surface area is 192 Å². The molecule has 2 aromatic rings. The van der Waals surface area contributed by atoms with Gasteiger partial charge in [-0.25, -0.2) is 4.79 Å². The van der Waals surface area contributed by atoms with Crippen molar-refractivity contribution in [3.05, 3.63) is 58.1 Å². The van der Waals surface area contributed by atoms with Crippen LogP contribution in [0.2, 0.25) is 0 Å². The Morgan fingerprint density at radius 3 is 2.28 bits per heavy atom. The number of aryl methyl sites for hydroxylation is 2. The number of hydrogen-bond acceptors (Lipinski definition) is 5. The van der Waals surface area contributed by atoms with Gasteiger partial charge < -0.3 is 24.9 Å². The van der Waals surface area contributed by atoms with E-state index < -0.39 is 16.6 Å². The Morgan fingerprint density at radius 1 is 1.06 bits per heavy atom. The predicted octanol–water partition coefficient (Wildman–Crippen LogP) is 5.41. The molecule has 4 N–H and O–H groups in total. The van der Waals surface area contributed by atoms with Gasteiger partial charge in [-0.3, -0.25) is 0 Å². The number of nitrogens with one attached hydrogen (secondary N) is 1. The molecular weight excluding hydrogens is 420 g/mol. The molecule has 7 heteroatoms. The van der Waals surface area contributed by atoms with E-state index in [4.69, 9.17) is 0 Å². The molecule has 0 aliphatic heterocycles. The van der Waals surface area contributed by atoms with E-state index in [2.05, 4.69) is 27.7 Å². The molecule has 3 aliphatic carbocycles. The molecule has 3 aliphatic rings. The molecule has 2 aromatic carbocycles. The van der Waals surface area contributed by atoms with E-state index >= 15 is 0 Å². The quantitative estimate of drug-likeness (QED) is 0.572. The van der Waals surface area contributed by atoms with Crippen molar-refractivity contribution in [2.45, 2.75) is 62.8 Å². The SMILES string of the molecule is CN(Cc1ccc([S-](=O)=NC(=O)Nc2c3c(cc4c2CCC4)CCC3)cc1)CC1CC1.N. The standard InChI is InChI=1S/C25H30N3O2S.H3N/c1-28(15-17-8-9-17)16-18-10-12-21(13-11-18)31(30)27-25(29)26-24-22-6-2-4-19(22)14-20-5-3-7-23(20)24;/h10-14,17H,2-9,15-16H2,1H3,(H,26,29);1H3/q-1;. The van der Waals surface area contributed by atoms with E-state index in [0.29, 0.717) is 4.90 Å². The van der Waals surface area contributed by atoms with Gasteiger partial charge in [0.05, 0.1) is 0 Å². The number of carbonyl (C=O) groups is 1. The van der Waals surface area contributed by atoms with Crippen molar-refractivity contribution in [1.29, 1.82) is 0 Å². The number of anilines is 1. The summed E-state index contributed by atoms with van der Waals surface area (Å²) >= 11 is 0. The zero-order valence-corrected chi connectivity index (χ0v) is 19.7. The minimum atomic E-state index is -1.70. The maximum atomic E-state index is 12.7. The molecule has 6 nitrogen and oxygen atoms in total. The summed E-state index contributed by atoms with van der Waals surface area (Å²) in [5, 5.41) is 3.00. The summed E-state index contributed by atoms with van der Waals surface area (Å²) in [4.78, 5) is 15.5. The topological polar surface area (TPSA) is 96.8 Å². The highest BCUT2D eigenvalue weighted by Gasteiger charge is 2.25. The van der Waals surface area contributed by atoms with Gasteiger partial charge in [0.25, 0.3) is 0 Å². The van der Waals surface area contributed by atoms with Crippen LogP contribution in [0.3, 0.4) is 0 Å². The third kappa shape index (κ3) is 5.05. The van der Waals surface area contributed by atoms with Crippen molar-refractivity contribution in [3.8, 4) is 0 Å². The highest BCUT2D eigenvalue weighted by molar-refractivity contribution is 7.75. The molecule has 0 heterocycles. The lowest BCUT2D eigenvalue weighted by atomic mass is 9.99. The number of amides is 2. The van der Waals surface area contributed by atoms with Gasteiger partial charge in [-0.1, -0.05) is 35.2 Å². The van der Waals surface area contributed by atoms with Crippen LogP contribution in [0.25, 0.3) is 0 Å². The minimum absolute atomic E-state index is 0. The first-order chi connectivity index (χ1) is 15.1. The van der Waals surface area contributed by atoms with Crippen LogP contribution in [0.5, 0.6) is 0 Å². The summed E-state index contributed by atoms with van der Waals surface area (Å²) in [6.07, 6.45) is 9.11. The third-order valence-electron chi connectivity index (χ3n) is 6.72. The van der Waals surface area contributed by atoms with Crippen molar-refractivity contribution < 1.29 is 9.00 Å². The number of fused-ring (bicyclic) bond motifs is 2. The van der Waals surface area contributed by atoms with Crippen LogP contribution in [0.1, 0.15) is 53.5 Å². The molecule has 2 amide bonds. The molecular formula is C25H33N4O2S-. The fourth-order valence-electron chi connectivity index (χ4n) is 5.05. The lowest BCUT2D eigenvalue weighted by molar-refractivity contribution is 0.260. The predicted molar refractivity (Wildman–Crippen MR) is 129 cm³/mol. The average Bonchev–Trinajstić information content (AvgIpc) is 3.23. The van der Waals surface area contributed by atoms with Gasteiger partial charge in [0, 0.05) is 18.8 Å². The molecule has 1 saturated carbocycles. The Kier molecular flexibility index (Phi) is 6.98. The Balaban J connectivity index is 0.00000245. The molecule has 0 unspecified atom stereocenters. The van der Waals surface area contributed by atoms with Gasteiger partial charge in [-0.05, 0) is 92.1 Å². The van der Waals surface area contributed by atoms with Crippen LogP contribution in [0, 0.1) is 5.92 Å². The minimum Gasteiger partial charge on any atom is -0.439 e. The fraction of sp³-hybridized carbons (Fsp3) is 0.480. The molecule has 0 bridgehead atoms. The molecule has 5 rings (SSSR count). The maximum Gasteiger partial charge on any atom is 0.322 e. The van der Waals surface area contributed by atoms with Crippen molar-refractivity contribution in [1.82, 2.24) is 11.1 Å². The molecule has 0 spiro atoms. The smallest absolute Gasteiger partial charge is 0.322 e. The molecule has 0 aromatic heterocycles. The summed E-state index contributed by atoms with van der Waals surface area (Å²) in [5.41, 5.74) is 7.37.